The number of carbonyl (C=O) groups is 2. The standard InChI is InChI=1S/C39H44F6N4O2.2ClH/c40-38(41,42)26-46-36(51)37(32-11-3-1-9-30(32)31-10-2-4-12-33(31)37)20-6-8-21-48-23-18-29(19-24-48)47-35(50)34-13-5-7-22-49(34)25-27-14-16-28(17-15-27)39(43,44)45;;/h1-4,9-12,14-17,29,34H,5-8,13,18-26H2,(H,46,51)(H,47,50);2*1H. The van der Waals surface area contributed by atoms with Gasteiger partial charge in [0.1, 0.15) is 12.0 Å². The van der Waals surface area contributed by atoms with Gasteiger partial charge in [-0.3, -0.25) is 14.5 Å². The second kappa shape index (κ2) is 17.9. The van der Waals surface area contributed by atoms with Crippen LogP contribution in [0, 0.1) is 0 Å². The number of unbranched alkanes of at least 4 members (excludes halogenated alkanes) is 1. The minimum Gasteiger partial charge on any atom is -0.352 e. The third kappa shape index (κ3) is 9.87. The molecule has 2 heterocycles. The van der Waals surface area contributed by atoms with Gasteiger partial charge in [0.2, 0.25) is 11.8 Å². The number of piperidine rings is 2. The summed E-state index contributed by atoms with van der Waals surface area (Å²) in [4.78, 5) is 31.5. The van der Waals surface area contributed by atoms with E-state index in [1.165, 1.54) is 12.1 Å². The monoisotopic (exact) mass is 786 g/mol. The quantitative estimate of drug-likeness (QED) is 0.152. The summed E-state index contributed by atoms with van der Waals surface area (Å²) < 4.78 is 78.6. The van der Waals surface area contributed by atoms with E-state index in [-0.39, 0.29) is 42.8 Å². The maximum Gasteiger partial charge on any atom is 0.416 e. The molecule has 14 heteroatoms. The fourth-order valence-corrected chi connectivity index (χ4v) is 8.12. The number of halogens is 8. The summed E-state index contributed by atoms with van der Waals surface area (Å²) in [5, 5.41) is 5.43. The Balaban J connectivity index is 0.00000314. The summed E-state index contributed by atoms with van der Waals surface area (Å²) in [7, 11) is 0. The highest BCUT2D eigenvalue weighted by Crippen LogP contribution is 2.51. The molecule has 1 atom stereocenters. The molecular formula is C39H46Cl2F6N4O2. The van der Waals surface area contributed by atoms with Crippen molar-refractivity contribution in [2.75, 3.05) is 32.7 Å². The van der Waals surface area contributed by atoms with Crippen molar-refractivity contribution < 1.29 is 35.9 Å². The molecule has 2 amide bonds. The molecule has 2 saturated heterocycles. The fraction of sp³-hybridized carbons (Fsp3) is 0.487. The number of rotatable bonds is 11. The van der Waals surface area contributed by atoms with Gasteiger partial charge in [0, 0.05) is 25.7 Å². The van der Waals surface area contributed by atoms with Crippen LogP contribution >= 0.6 is 24.8 Å². The Bertz CT molecular complexity index is 1630. The Labute approximate surface area is 318 Å². The molecule has 2 N–H and O–H groups in total. The molecule has 1 unspecified atom stereocenters. The molecule has 2 aliphatic heterocycles. The first kappa shape index (κ1) is 42.4. The number of hydrogen-bond donors (Lipinski definition) is 2. The van der Waals surface area contributed by atoms with Crippen molar-refractivity contribution in [1.29, 1.82) is 0 Å². The van der Waals surface area contributed by atoms with E-state index in [4.69, 9.17) is 0 Å². The first-order chi connectivity index (χ1) is 24.3. The van der Waals surface area contributed by atoms with Crippen molar-refractivity contribution >= 4 is 36.6 Å². The lowest BCUT2D eigenvalue weighted by atomic mass is 9.73. The number of nitrogens with zero attached hydrogens (tertiary/aromatic N) is 2. The molecule has 2 fully saturated rings. The Morgan fingerprint density at radius 3 is 1.94 bits per heavy atom. The first-order valence-electron chi connectivity index (χ1n) is 17.8. The van der Waals surface area contributed by atoms with E-state index in [2.05, 4.69) is 20.4 Å². The molecule has 0 bridgehead atoms. The van der Waals surface area contributed by atoms with Crippen molar-refractivity contribution in [1.82, 2.24) is 20.4 Å². The molecule has 290 valence electrons. The van der Waals surface area contributed by atoms with Gasteiger partial charge in [-0.25, -0.2) is 0 Å². The molecule has 3 aliphatic rings. The average Bonchev–Trinajstić information content (AvgIpc) is 3.40. The first-order valence-corrected chi connectivity index (χ1v) is 17.8. The number of fused-ring (bicyclic) bond motifs is 3. The van der Waals surface area contributed by atoms with Crippen LogP contribution < -0.4 is 10.6 Å². The van der Waals surface area contributed by atoms with Crippen LogP contribution in [0.2, 0.25) is 0 Å². The van der Waals surface area contributed by atoms with Gasteiger partial charge < -0.3 is 15.5 Å². The van der Waals surface area contributed by atoms with Crippen LogP contribution in [0.1, 0.15) is 73.6 Å². The highest BCUT2D eigenvalue weighted by molar-refractivity contribution is 6.00. The van der Waals surface area contributed by atoms with E-state index >= 15 is 0 Å². The van der Waals surface area contributed by atoms with Gasteiger partial charge >= 0.3 is 12.4 Å². The normalized spacial score (nSPS) is 18.9. The predicted octanol–water partition coefficient (Wildman–Crippen LogP) is 8.30. The predicted molar refractivity (Wildman–Crippen MR) is 197 cm³/mol. The van der Waals surface area contributed by atoms with Crippen molar-refractivity contribution in [2.45, 2.75) is 87.8 Å². The Kier molecular flexibility index (Phi) is 14.3. The smallest absolute Gasteiger partial charge is 0.352 e. The summed E-state index contributed by atoms with van der Waals surface area (Å²) in [6, 6.07) is 19.8. The van der Waals surface area contributed by atoms with E-state index in [1.807, 2.05) is 48.5 Å². The van der Waals surface area contributed by atoms with Crippen LogP contribution in [0.5, 0.6) is 0 Å². The van der Waals surface area contributed by atoms with Crippen molar-refractivity contribution in [3.05, 3.63) is 95.1 Å². The molecule has 3 aromatic rings. The number of likely N-dealkylation sites (tertiary alicyclic amines) is 2. The molecule has 0 saturated carbocycles. The number of carbonyl (C=O) groups excluding carboxylic acids is 2. The summed E-state index contributed by atoms with van der Waals surface area (Å²) in [5.74, 6) is -0.670. The van der Waals surface area contributed by atoms with E-state index in [1.54, 1.807) is 0 Å². The Morgan fingerprint density at radius 1 is 0.755 bits per heavy atom. The lowest BCUT2D eigenvalue weighted by molar-refractivity contribution is -0.141. The number of nitrogens with one attached hydrogen (secondary N) is 2. The summed E-state index contributed by atoms with van der Waals surface area (Å²) >= 11 is 0. The van der Waals surface area contributed by atoms with E-state index in [9.17, 15) is 35.9 Å². The van der Waals surface area contributed by atoms with Gasteiger partial charge in [-0.15, -0.1) is 24.8 Å². The zero-order valence-corrected chi connectivity index (χ0v) is 30.9. The number of amides is 2. The van der Waals surface area contributed by atoms with Gasteiger partial charge in [0.05, 0.1) is 11.6 Å². The molecule has 3 aromatic carbocycles. The van der Waals surface area contributed by atoms with Crippen LogP contribution in [-0.4, -0.2) is 72.6 Å². The summed E-state index contributed by atoms with van der Waals surface area (Å²) in [5.41, 5.74) is 2.05. The third-order valence-electron chi connectivity index (χ3n) is 10.7. The lowest BCUT2D eigenvalue weighted by Crippen LogP contribution is -2.53. The number of alkyl halides is 6. The zero-order chi connectivity index (χ0) is 36.2. The van der Waals surface area contributed by atoms with E-state index < -0.39 is 35.8 Å². The van der Waals surface area contributed by atoms with Gasteiger partial charge in [-0.1, -0.05) is 73.5 Å². The minimum absolute atomic E-state index is 0. The van der Waals surface area contributed by atoms with E-state index in [0.717, 1.165) is 91.7 Å². The molecule has 0 spiro atoms. The van der Waals surface area contributed by atoms with Gasteiger partial charge in [-0.2, -0.15) is 26.3 Å². The van der Waals surface area contributed by atoms with Gasteiger partial charge in [0.25, 0.3) is 0 Å². The molecule has 0 aromatic heterocycles. The van der Waals surface area contributed by atoms with Crippen molar-refractivity contribution in [3.63, 3.8) is 0 Å². The molecular weight excluding hydrogens is 741 g/mol. The second-order valence-corrected chi connectivity index (χ2v) is 14.1. The molecule has 53 heavy (non-hydrogen) atoms. The van der Waals surface area contributed by atoms with Crippen LogP contribution in [-0.2, 0) is 27.7 Å². The Hall–Kier alpha value is -3.32. The SMILES string of the molecule is Cl.Cl.O=C(NC1CCN(CCCCC2(C(=O)NCC(F)(F)F)c3ccccc3-c3ccccc32)CC1)C1CCCCN1Cc1ccc(C(F)(F)F)cc1. The highest BCUT2D eigenvalue weighted by atomic mass is 35.5. The van der Waals surface area contributed by atoms with Crippen LogP contribution in [0.25, 0.3) is 11.1 Å². The van der Waals surface area contributed by atoms with Crippen molar-refractivity contribution in [2.24, 2.45) is 0 Å². The van der Waals surface area contributed by atoms with Crippen LogP contribution in [0.4, 0.5) is 26.3 Å². The Morgan fingerprint density at radius 2 is 1.36 bits per heavy atom. The minimum atomic E-state index is -4.52. The molecule has 6 rings (SSSR count). The van der Waals surface area contributed by atoms with Gasteiger partial charge in [0.15, 0.2) is 0 Å². The number of benzene rings is 3. The average molecular weight is 788 g/mol. The zero-order valence-electron chi connectivity index (χ0n) is 29.3. The number of hydrogen-bond acceptors (Lipinski definition) is 4. The molecule has 0 radical (unpaired) electrons. The maximum atomic E-state index is 13.7. The summed E-state index contributed by atoms with van der Waals surface area (Å²) in [6.07, 6.45) is -3.03. The second-order valence-electron chi connectivity index (χ2n) is 14.1. The topological polar surface area (TPSA) is 64.7 Å². The molecule has 1 aliphatic carbocycles. The highest BCUT2D eigenvalue weighted by Gasteiger charge is 2.49. The van der Waals surface area contributed by atoms with Crippen LogP contribution in [0.3, 0.4) is 0 Å². The maximum absolute atomic E-state index is 13.7. The largest absolute Gasteiger partial charge is 0.416 e. The third-order valence-corrected chi connectivity index (χ3v) is 10.7. The van der Waals surface area contributed by atoms with Gasteiger partial charge in [-0.05, 0) is 91.6 Å². The summed E-state index contributed by atoms with van der Waals surface area (Å²) in [6.45, 7) is 2.08. The fourth-order valence-electron chi connectivity index (χ4n) is 8.12. The molecule has 6 nitrogen and oxygen atoms in total. The lowest BCUT2D eigenvalue weighted by Gasteiger charge is -2.37. The van der Waals surface area contributed by atoms with E-state index in [0.29, 0.717) is 32.4 Å². The van der Waals surface area contributed by atoms with Crippen molar-refractivity contribution in [3.8, 4) is 11.1 Å². The van der Waals surface area contributed by atoms with Crippen LogP contribution in [0.15, 0.2) is 72.8 Å².